The van der Waals surface area contributed by atoms with Crippen LogP contribution in [0.5, 0.6) is 5.75 Å². The van der Waals surface area contributed by atoms with Gasteiger partial charge in [-0.05, 0) is 11.6 Å². The summed E-state index contributed by atoms with van der Waals surface area (Å²) in [6.07, 6.45) is 4.10. The SMILES string of the molecule is CN(CC1Cc2ccccc2O1)c1ncncn1. The Morgan fingerprint density at radius 2 is 2.06 bits per heavy atom. The summed E-state index contributed by atoms with van der Waals surface area (Å²) in [5.74, 6) is 1.66. The molecule has 92 valence electrons. The van der Waals surface area contributed by atoms with Crippen molar-refractivity contribution in [2.24, 2.45) is 0 Å². The zero-order chi connectivity index (χ0) is 12.4. The summed E-state index contributed by atoms with van der Waals surface area (Å²) in [7, 11) is 1.96. The highest BCUT2D eigenvalue weighted by Crippen LogP contribution is 2.28. The molecule has 1 unspecified atom stereocenters. The summed E-state index contributed by atoms with van der Waals surface area (Å²) in [5, 5.41) is 0. The van der Waals surface area contributed by atoms with E-state index in [-0.39, 0.29) is 6.10 Å². The maximum Gasteiger partial charge on any atom is 0.228 e. The van der Waals surface area contributed by atoms with Crippen LogP contribution in [0.3, 0.4) is 0 Å². The van der Waals surface area contributed by atoms with E-state index < -0.39 is 0 Å². The number of benzene rings is 1. The lowest BCUT2D eigenvalue weighted by atomic mass is 10.1. The van der Waals surface area contributed by atoms with Gasteiger partial charge in [-0.15, -0.1) is 0 Å². The first kappa shape index (κ1) is 11.0. The third kappa shape index (κ3) is 2.11. The van der Waals surface area contributed by atoms with E-state index in [1.165, 1.54) is 18.2 Å². The van der Waals surface area contributed by atoms with Gasteiger partial charge in [-0.2, -0.15) is 0 Å². The van der Waals surface area contributed by atoms with Crippen molar-refractivity contribution in [3.05, 3.63) is 42.5 Å². The molecule has 2 heterocycles. The van der Waals surface area contributed by atoms with Gasteiger partial charge in [-0.25, -0.2) is 15.0 Å². The van der Waals surface area contributed by atoms with Crippen molar-refractivity contribution < 1.29 is 4.74 Å². The van der Waals surface area contributed by atoms with Crippen LogP contribution in [0.15, 0.2) is 36.9 Å². The molecule has 0 amide bonds. The fourth-order valence-electron chi connectivity index (χ4n) is 2.17. The summed E-state index contributed by atoms with van der Waals surface area (Å²) in [6, 6.07) is 8.16. The van der Waals surface area contributed by atoms with E-state index in [1.807, 2.05) is 30.1 Å². The smallest absolute Gasteiger partial charge is 0.228 e. The minimum Gasteiger partial charge on any atom is -0.488 e. The Morgan fingerprint density at radius 1 is 1.28 bits per heavy atom. The van der Waals surface area contributed by atoms with E-state index >= 15 is 0 Å². The molecule has 1 atom stereocenters. The van der Waals surface area contributed by atoms with E-state index in [9.17, 15) is 0 Å². The van der Waals surface area contributed by atoms with Crippen molar-refractivity contribution in [2.75, 3.05) is 18.5 Å². The Kier molecular flexibility index (Phi) is 2.80. The maximum atomic E-state index is 5.89. The zero-order valence-electron chi connectivity index (χ0n) is 10.2. The quantitative estimate of drug-likeness (QED) is 0.812. The Balaban J connectivity index is 1.66. The molecule has 5 heteroatoms. The number of para-hydroxylation sites is 1. The Hall–Kier alpha value is -2.17. The van der Waals surface area contributed by atoms with Crippen molar-refractivity contribution in [1.29, 1.82) is 0 Å². The third-order valence-electron chi connectivity index (χ3n) is 3.01. The molecule has 0 radical (unpaired) electrons. The minimum absolute atomic E-state index is 0.157. The number of ether oxygens (including phenoxy) is 1. The molecule has 1 aromatic heterocycles. The standard InChI is InChI=1S/C13H14N4O/c1-17(13-15-8-14-9-16-13)7-11-6-10-4-2-3-5-12(10)18-11/h2-5,8-9,11H,6-7H2,1H3. The number of hydrogen-bond donors (Lipinski definition) is 0. The summed E-state index contributed by atoms with van der Waals surface area (Å²) >= 11 is 0. The average molecular weight is 242 g/mol. The van der Waals surface area contributed by atoms with Crippen LogP contribution in [-0.4, -0.2) is 34.6 Å². The van der Waals surface area contributed by atoms with Gasteiger partial charge in [-0.1, -0.05) is 18.2 Å². The normalized spacial score (nSPS) is 17.1. The van der Waals surface area contributed by atoms with Gasteiger partial charge in [-0.3, -0.25) is 0 Å². The Bertz CT molecular complexity index is 507. The van der Waals surface area contributed by atoms with Crippen LogP contribution in [0.1, 0.15) is 5.56 Å². The fourth-order valence-corrected chi connectivity index (χ4v) is 2.17. The molecule has 0 bridgehead atoms. The van der Waals surface area contributed by atoms with Crippen LogP contribution in [0.2, 0.25) is 0 Å². The monoisotopic (exact) mass is 242 g/mol. The highest BCUT2D eigenvalue weighted by molar-refractivity contribution is 5.38. The lowest BCUT2D eigenvalue weighted by Crippen LogP contribution is -2.33. The van der Waals surface area contributed by atoms with E-state index in [0.717, 1.165) is 18.7 Å². The van der Waals surface area contributed by atoms with Gasteiger partial charge in [0.1, 0.15) is 24.5 Å². The largest absolute Gasteiger partial charge is 0.488 e. The lowest BCUT2D eigenvalue weighted by molar-refractivity contribution is 0.238. The van der Waals surface area contributed by atoms with Gasteiger partial charge < -0.3 is 9.64 Å². The Labute approximate surface area is 105 Å². The zero-order valence-corrected chi connectivity index (χ0v) is 10.2. The average Bonchev–Trinajstić information content (AvgIpc) is 2.82. The lowest BCUT2D eigenvalue weighted by Gasteiger charge is -2.20. The number of hydrogen-bond acceptors (Lipinski definition) is 5. The van der Waals surface area contributed by atoms with Gasteiger partial charge in [0, 0.05) is 13.5 Å². The number of anilines is 1. The predicted molar refractivity (Wildman–Crippen MR) is 67.7 cm³/mol. The Morgan fingerprint density at radius 3 is 2.83 bits per heavy atom. The molecule has 0 saturated carbocycles. The van der Waals surface area contributed by atoms with Gasteiger partial charge in [0.25, 0.3) is 0 Å². The molecule has 2 aromatic rings. The molecule has 3 rings (SSSR count). The van der Waals surface area contributed by atoms with Gasteiger partial charge in [0.05, 0.1) is 6.54 Å². The molecule has 18 heavy (non-hydrogen) atoms. The van der Waals surface area contributed by atoms with Crippen LogP contribution >= 0.6 is 0 Å². The van der Waals surface area contributed by atoms with Crippen molar-refractivity contribution in [3.8, 4) is 5.75 Å². The fraction of sp³-hybridized carbons (Fsp3) is 0.308. The topological polar surface area (TPSA) is 51.1 Å². The molecular weight excluding hydrogens is 228 g/mol. The molecule has 1 aromatic carbocycles. The molecule has 5 nitrogen and oxygen atoms in total. The maximum absolute atomic E-state index is 5.89. The van der Waals surface area contributed by atoms with Crippen LogP contribution in [0.25, 0.3) is 0 Å². The van der Waals surface area contributed by atoms with Gasteiger partial charge in [0.15, 0.2) is 0 Å². The summed E-state index contributed by atoms with van der Waals surface area (Å²) in [6.45, 7) is 0.763. The van der Waals surface area contributed by atoms with Crippen LogP contribution < -0.4 is 9.64 Å². The van der Waals surface area contributed by atoms with Gasteiger partial charge in [0.2, 0.25) is 5.95 Å². The predicted octanol–water partition coefficient (Wildman–Crippen LogP) is 1.31. The van der Waals surface area contributed by atoms with E-state index in [0.29, 0.717) is 5.95 Å². The van der Waals surface area contributed by atoms with Crippen LogP contribution in [0, 0.1) is 0 Å². The van der Waals surface area contributed by atoms with Crippen molar-refractivity contribution in [2.45, 2.75) is 12.5 Å². The molecule has 1 aliphatic rings. The number of fused-ring (bicyclic) bond motifs is 1. The highest BCUT2D eigenvalue weighted by atomic mass is 16.5. The number of aromatic nitrogens is 3. The third-order valence-corrected chi connectivity index (χ3v) is 3.01. The van der Waals surface area contributed by atoms with E-state index in [2.05, 4.69) is 21.0 Å². The van der Waals surface area contributed by atoms with Crippen molar-refractivity contribution in [3.63, 3.8) is 0 Å². The number of nitrogens with zero attached hydrogens (tertiary/aromatic N) is 4. The number of rotatable bonds is 3. The van der Waals surface area contributed by atoms with Crippen LogP contribution in [0.4, 0.5) is 5.95 Å². The van der Waals surface area contributed by atoms with E-state index in [1.54, 1.807) is 0 Å². The van der Waals surface area contributed by atoms with Gasteiger partial charge >= 0.3 is 0 Å². The molecule has 1 aliphatic heterocycles. The second kappa shape index (κ2) is 4.60. The molecule has 0 fully saturated rings. The number of likely N-dealkylation sites (N-methyl/N-ethyl adjacent to an activating group) is 1. The molecule has 0 spiro atoms. The van der Waals surface area contributed by atoms with Crippen molar-refractivity contribution in [1.82, 2.24) is 15.0 Å². The first-order valence-electron chi connectivity index (χ1n) is 5.90. The van der Waals surface area contributed by atoms with E-state index in [4.69, 9.17) is 4.74 Å². The van der Waals surface area contributed by atoms with Crippen LogP contribution in [-0.2, 0) is 6.42 Å². The first-order chi connectivity index (χ1) is 8.83. The summed E-state index contributed by atoms with van der Waals surface area (Å²) < 4.78 is 5.89. The summed E-state index contributed by atoms with van der Waals surface area (Å²) in [4.78, 5) is 14.0. The molecule has 0 N–H and O–H groups in total. The summed E-state index contributed by atoms with van der Waals surface area (Å²) in [5.41, 5.74) is 1.27. The van der Waals surface area contributed by atoms with Crippen molar-refractivity contribution >= 4 is 5.95 Å². The second-order valence-electron chi connectivity index (χ2n) is 4.37. The highest BCUT2D eigenvalue weighted by Gasteiger charge is 2.24. The molecule has 0 aliphatic carbocycles. The second-order valence-corrected chi connectivity index (χ2v) is 4.37. The molecule has 0 saturated heterocycles. The first-order valence-corrected chi connectivity index (χ1v) is 5.90. The minimum atomic E-state index is 0.157. The molecular formula is C13H14N4O.